The Hall–Kier alpha value is -2.25. The normalized spacial score (nSPS) is 15.8. The van der Waals surface area contributed by atoms with Crippen LogP contribution in [0.3, 0.4) is 0 Å². The minimum atomic E-state index is -0.886. The maximum atomic E-state index is 11.2. The van der Waals surface area contributed by atoms with Gasteiger partial charge < -0.3 is 4.57 Å². The summed E-state index contributed by atoms with van der Waals surface area (Å²) in [5.74, 6) is -1.07. The van der Waals surface area contributed by atoms with Gasteiger partial charge in [0.2, 0.25) is 0 Å². The number of nitrogens with zero attached hydrogens (tertiary/aromatic N) is 4. The lowest BCUT2D eigenvalue weighted by atomic mass is 10.3. The maximum Gasteiger partial charge on any atom is 0.331 e. The van der Waals surface area contributed by atoms with Crippen LogP contribution in [0.4, 0.5) is 4.79 Å². The van der Waals surface area contributed by atoms with Crippen molar-refractivity contribution in [2.24, 2.45) is 7.05 Å². The Labute approximate surface area is 90.2 Å². The first kappa shape index (κ1) is 10.3. The summed E-state index contributed by atoms with van der Waals surface area (Å²) in [6.07, 6.45) is 1.88. The average molecular weight is 223 g/mol. The lowest BCUT2D eigenvalue weighted by Crippen LogP contribution is -2.33. The third-order valence-electron chi connectivity index (χ3n) is 2.27. The Kier molecular flexibility index (Phi) is 2.39. The number of aromatic nitrogens is 3. The van der Waals surface area contributed by atoms with Gasteiger partial charge in [-0.3, -0.25) is 19.8 Å². The molecule has 0 atom stereocenters. The Morgan fingerprint density at radius 2 is 2.12 bits per heavy atom. The molecule has 0 saturated carbocycles. The van der Waals surface area contributed by atoms with Crippen molar-refractivity contribution in [1.29, 1.82) is 0 Å². The zero-order valence-corrected chi connectivity index (χ0v) is 8.51. The highest BCUT2D eigenvalue weighted by atomic mass is 16.2. The first-order chi connectivity index (χ1) is 7.59. The van der Waals surface area contributed by atoms with Crippen LogP contribution in [-0.4, -0.2) is 44.1 Å². The van der Waals surface area contributed by atoms with Crippen LogP contribution >= 0.6 is 0 Å². The van der Waals surface area contributed by atoms with Gasteiger partial charge in [-0.2, -0.15) is 0 Å². The Morgan fingerprint density at radius 3 is 2.62 bits per heavy atom. The van der Waals surface area contributed by atoms with E-state index in [9.17, 15) is 14.4 Å². The first-order valence-corrected chi connectivity index (χ1v) is 4.59. The molecule has 0 bridgehead atoms. The van der Waals surface area contributed by atoms with Crippen molar-refractivity contribution in [3.05, 3.63) is 12.2 Å². The van der Waals surface area contributed by atoms with Gasteiger partial charge in [0.25, 0.3) is 0 Å². The van der Waals surface area contributed by atoms with E-state index in [0.29, 0.717) is 12.2 Å². The van der Waals surface area contributed by atoms with Gasteiger partial charge in [0.15, 0.2) is 0 Å². The predicted octanol–water partition coefficient (Wildman–Crippen LogP) is -1.56. The molecule has 0 aliphatic carbocycles. The molecular formula is C8H9N5O3. The lowest BCUT2D eigenvalue weighted by molar-refractivity contribution is -0.140. The fourth-order valence-electron chi connectivity index (χ4n) is 1.38. The van der Waals surface area contributed by atoms with E-state index in [1.165, 1.54) is 6.33 Å². The molecule has 8 heteroatoms. The van der Waals surface area contributed by atoms with E-state index in [4.69, 9.17) is 0 Å². The van der Waals surface area contributed by atoms with Crippen molar-refractivity contribution in [1.82, 2.24) is 25.0 Å². The standard InChI is InChI=1S/C8H9N5O3/c1-12-4-9-11-5(12)2-3-13-7(15)6(14)10-8(13)16/h4H,2-3H2,1H3,(H,10,14,16). The highest BCUT2D eigenvalue weighted by Crippen LogP contribution is 2.03. The molecule has 8 nitrogen and oxygen atoms in total. The molecule has 0 unspecified atom stereocenters. The summed E-state index contributed by atoms with van der Waals surface area (Å²) in [7, 11) is 1.76. The van der Waals surface area contributed by atoms with Crippen LogP contribution in [-0.2, 0) is 23.1 Å². The van der Waals surface area contributed by atoms with Gasteiger partial charge in [0, 0.05) is 20.0 Å². The second kappa shape index (κ2) is 3.72. The minimum Gasteiger partial charge on any atom is -0.321 e. The van der Waals surface area contributed by atoms with Gasteiger partial charge in [0.05, 0.1) is 0 Å². The number of carbonyl (C=O) groups excluding carboxylic acids is 3. The van der Waals surface area contributed by atoms with Crippen molar-refractivity contribution in [2.45, 2.75) is 6.42 Å². The average Bonchev–Trinajstić information content (AvgIpc) is 2.72. The molecule has 1 aromatic heterocycles. The van der Waals surface area contributed by atoms with E-state index >= 15 is 0 Å². The molecule has 2 rings (SSSR count). The molecule has 84 valence electrons. The Balaban J connectivity index is 2.01. The second-order valence-electron chi connectivity index (χ2n) is 3.32. The first-order valence-electron chi connectivity index (χ1n) is 4.59. The van der Waals surface area contributed by atoms with Crippen LogP contribution in [0.15, 0.2) is 6.33 Å². The van der Waals surface area contributed by atoms with Crippen LogP contribution < -0.4 is 5.32 Å². The summed E-state index contributed by atoms with van der Waals surface area (Å²) in [5, 5.41) is 9.38. The summed E-state index contributed by atoms with van der Waals surface area (Å²) in [6, 6.07) is -0.683. The van der Waals surface area contributed by atoms with Crippen molar-refractivity contribution in [2.75, 3.05) is 6.54 Å². The zero-order valence-electron chi connectivity index (χ0n) is 8.51. The van der Waals surface area contributed by atoms with Crippen molar-refractivity contribution < 1.29 is 14.4 Å². The molecule has 0 spiro atoms. The Morgan fingerprint density at radius 1 is 1.38 bits per heavy atom. The fraction of sp³-hybridized carbons (Fsp3) is 0.375. The predicted molar refractivity (Wildman–Crippen MR) is 50.0 cm³/mol. The quantitative estimate of drug-likeness (QED) is 0.493. The number of nitrogens with one attached hydrogen (secondary N) is 1. The number of hydrogen-bond donors (Lipinski definition) is 1. The van der Waals surface area contributed by atoms with Crippen molar-refractivity contribution in [3.63, 3.8) is 0 Å². The maximum absolute atomic E-state index is 11.2. The number of rotatable bonds is 3. The van der Waals surface area contributed by atoms with E-state index in [1.54, 1.807) is 11.6 Å². The molecule has 1 aromatic rings. The van der Waals surface area contributed by atoms with Crippen LogP contribution in [0.5, 0.6) is 0 Å². The van der Waals surface area contributed by atoms with Gasteiger partial charge in [-0.1, -0.05) is 0 Å². The molecule has 1 saturated heterocycles. The van der Waals surface area contributed by atoms with Gasteiger partial charge in [-0.25, -0.2) is 4.79 Å². The number of aryl methyl sites for hydroxylation is 1. The summed E-state index contributed by atoms with van der Waals surface area (Å²) in [6.45, 7) is 0.114. The number of urea groups is 1. The van der Waals surface area contributed by atoms with Gasteiger partial charge >= 0.3 is 17.8 Å². The smallest absolute Gasteiger partial charge is 0.321 e. The lowest BCUT2D eigenvalue weighted by Gasteiger charge is -2.09. The zero-order chi connectivity index (χ0) is 11.7. The molecule has 1 aliphatic rings. The molecule has 4 amide bonds. The van der Waals surface area contributed by atoms with Gasteiger partial charge in [-0.15, -0.1) is 10.2 Å². The van der Waals surface area contributed by atoms with E-state index in [0.717, 1.165) is 4.90 Å². The van der Waals surface area contributed by atoms with Gasteiger partial charge in [-0.05, 0) is 0 Å². The van der Waals surface area contributed by atoms with Crippen LogP contribution in [0.25, 0.3) is 0 Å². The van der Waals surface area contributed by atoms with E-state index in [1.807, 2.05) is 5.32 Å². The molecule has 16 heavy (non-hydrogen) atoms. The van der Waals surface area contributed by atoms with E-state index < -0.39 is 17.8 Å². The summed E-state index contributed by atoms with van der Waals surface area (Å²) < 4.78 is 1.68. The molecule has 2 heterocycles. The monoisotopic (exact) mass is 223 g/mol. The second-order valence-corrected chi connectivity index (χ2v) is 3.32. The molecule has 0 aromatic carbocycles. The molecule has 0 radical (unpaired) electrons. The molecule has 1 N–H and O–H groups in total. The minimum absolute atomic E-state index is 0.114. The SMILES string of the molecule is Cn1cnnc1CCN1C(=O)NC(=O)C1=O. The number of amides is 4. The summed E-state index contributed by atoms with van der Waals surface area (Å²) in [5.41, 5.74) is 0. The number of imide groups is 2. The van der Waals surface area contributed by atoms with Crippen LogP contribution in [0, 0.1) is 0 Å². The van der Waals surface area contributed by atoms with Crippen LogP contribution in [0.1, 0.15) is 5.82 Å². The third kappa shape index (κ3) is 1.64. The molecule has 1 aliphatic heterocycles. The topological polar surface area (TPSA) is 97.2 Å². The molecular weight excluding hydrogens is 214 g/mol. The van der Waals surface area contributed by atoms with Crippen molar-refractivity contribution >= 4 is 17.8 Å². The largest absolute Gasteiger partial charge is 0.331 e. The fourth-order valence-corrected chi connectivity index (χ4v) is 1.38. The van der Waals surface area contributed by atoms with Crippen molar-refractivity contribution in [3.8, 4) is 0 Å². The van der Waals surface area contributed by atoms with E-state index in [2.05, 4.69) is 10.2 Å². The summed E-state index contributed by atoms with van der Waals surface area (Å²) >= 11 is 0. The highest BCUT2D eigenvalue weighted by molar-refractivity contribution is 6.44. The van der Waals surface area contributed by atoms with Gasteiger partial charge in [0.1, 0.15) is 12.2 Å². The number of carbonyl (C=O) groups is 3. The number of hydrogen-bond acceptors (Lipinski definition) is 5. The summed E-state index contributed by atoms with van der Waals surface area (Å²) in [4.78, 5) is 34.1. The van der Waals surface area contributed by atoms with Crippen LogP contribution in [0.2, 0.25) is 0 Å². The van der Waals surface area contributed by atoms with E-state index in [-0.39, 0.29) is 6.54 Å². The highest BCUT2D eigenvalue weighted by Gasteiger charge is 2.36. The third-order valence-corrected chi connectivity index (χ3v) is 2.27. The Bertz CT molecular complexity index is 466. The molecule has 1 fully saturated rings.